The Bertz CT molecular complexity index is 971. The number of hydrogen-bond acceptors (Lipinski definition) is 5. The van der Waals surface area contributed by atoms with E-state index in [9.17, 15) is 0 Å². The largest absolute Gasteiger partial charge is 0.464 e. The SMILES string of the molecule is CCOc1ncc2c(-c3ccc4nc(C)cn4n3)c[nH]c2n1. The fourth-order valence-corrected chi connectivity index (χ4v) is 2.45. The number of hydrogen-bond donors (Lipinski definition) is 1. The van der Waals surface area contributed by atoms with Crippen molar-refractivity contribution < 1.29 is 4.74 Å². The third-order valence-electron chi connectivity index (χ3n) is 3.40. The minimum absolute atomic E-state index is 0.372. The van der Waals surface area contributed by atoms with Gasteiger partial charge < -0.3 is 9.72 Å². The van der Waals surface area contributed by atoms with Crippen LogP contribution in [0.2, 0.25) is 0 Å². The summed E-state index contributed by atoms with van der Waals surface area (Å²) in [6.45, 7) is 4.39. The van der Waals surface area contributed by atoms with E-state index in [2.05, 4.69) is 25.0 Å². The van der Waals surface area contributed by atoms with Crippen molar-refractivity contribution in [3.05, 3.63) is 36.4 Å². The Labute approximate surface area is 126 Å². The summed E-state index contributed by atoms with van der Waals surface area (Å²) in [6.07, 6.45) is 5.54. The highest BCUT2D eigenvalue weighted by Gasteiger charge is 2.11. The zero-order chi connectivity index (χ0) is 15.1. The van der Waals surface area contributed by atoms with Crippen LogP contribution >= 0.6 is 0 Å². The molecule has 0 bridgehead atoms. The van der Waals surface area contributed by atoms with Crippen LogP contribution in [0.4, 0.5) is 0 Å². The van der Waals surface area contributed by atoms with Gasteiger partial charge in [-0.2, -0.15) is 10.1 Å². The zero-order valence-corrected chi connectivity index (χ0v) is 12.2. The number of fused-ring (bicyclic) bond motifs is 2. The molecule has 22 heavy (non-hydrogen) atoms. The molecule has 7 nitrogen and oxygen atoms in total. The van der Waals surface area contributed by atoms with Crippen molar-refractivity contribution in [2.75, 3.05) is 6.61 Å². The van der Waals surface area contributed by atoms with Crippen molar-refractivity contribution in [1.82, 2.24) is 29.5 Å². The summed E-state index contributed by atoms with van der Waals surface area (Å²) >= 11 is 0. The minimum atomic E-state index is 0.372. The number of nitrogens with zero attached hydrogens (tertiary/aromatic N) is 5. The third kappa shape index (κ3) is 1.98. The fourth-order valence-electron chi connectivity index (χ4n) is 2.45. The van der Waals surface area contributed by atoms with Gasteiger partial charge in [-0.25, -0.2) is 14.5 Å². The smallest absolute Gasteiger partial charge is 0.318 e. The molecule has 7 heteroatoms. The van der Waals surface area contributed by atoms with Crippen molar-refractivity contribution in [3.8, 4) is 17.3 Å². The molecule has 0 radical (unpaired) electrons. The second-order valence-electron chi connectivity index (χ2n) is 4.95. The van der Waals surface area contributed by atoms with E-state index in [4.69, 9.17) is 4.74 Å². The predicted octanol–water partition coefficient (Wildman–Crippen LogP) is 2.37. The lowest BCUT2D eigenvalue weighted by atomic mass is 10.2. The molecule has 0 saturated carbocycles. The van der Waals surface area contributed by atoms with Crippen LogP contribution < -0.4 is 4.74 Å². The zero-order valence-electron chi connectivity index (χ0n) is 12.2. The summed E-state index contributed by atoms with van der Waals surface area (Å²) in [5, 5.41) is 5.50. The first-order valence-corrected chi connectivity index (χ1v) is 7.05. The molecule has 0 atom stereocenters. The van der Waals surface area contributed by atoms with Crippen LogP contribution in [0.5, 0.6) is 6.01 Å². The standard InChI is InChI=1S/C15H14N6O/c1-3-22-15-17-7-11-10(6-16-14(11)19-15)12-4-5-13-18-9(2)8-21(13)20-12/h4-8H,3H2,1-2H3,(H,16,17,19). The van der Waals surface area contributed by atoms with E-state index in [1.54, 1.807) is 10.7 Å². The van der Waals surface area contributed by atoms with Crippen LogP contribution in [0.1, 0.15) is 12.6 Å². The van der Waals surface area contributed by atoms with Crippen molar-refractivity contribution >= 4 is 16.7 Å². The molecule has 110 valence electrons. The van der Waals surface area contributed by atoms with Crippen LogP contribution in [0.3, 0.4) is 0 Å². The molecule has 4 aromatic heterocycles. The van der Waals surface area contributed by atoms with Crippen molar-refractivity contribution in [1.29, 1.82) is 0 Å². The molecule has 1 N–H and O–H groups in total. The summed E-state index contributed by atoms with van der Waals surface area (Å²) < 4.78 is 7.10. The van der Waals surface area contributed by atoms with E-state index in [1.165, 1.54) is 0 Å². The Balaban J connectivity index is 1.84. The van der Waals surface area contributed by atoms with Crippen molar-refractivity contribution in [2.24, 2.45) is 0 Å². The van der Waals surface area contributed by atoms with Gasteiger partial charge in [0.2, 0.25) is 0 Å². The second-order valence-corrected chi connectivity index (χ2v) is 4.95. The number of ether oxygens (including phenoxy) is 1. The van der Waals surface area contributed by atoms with Crippen LogP contribution in [0.25, 0.3) is 27.9 Å². The van der Waals surface area contributed by atoms with Gasteiger partial charge in [0.25, 0.3) is 0 Å². The quantitative estimate of drug-likeness (QED) is 0.627. The van der Waals surface area contributed by atoms with Crippen molar-refractivity contribution in [2.45, 2.75) is 13.8 Å². The molecule has 0 spiro atoms. The van der Waals surface area contributed by atoms with Gasteiger partial charge in [0, 0.05) is 23.3 Å². The minimum Gasteiger partial charge on any atom is -0.464 e. The Kier molecular flexibility index (Phi) is 2.78. The van der Waals surface area contributed by atoms with Crippen LogP contribution in [0.15, 0.2) is 30.7 Å². The molecule has 4 aromatic rings. The predicted molar refractivity (Wildman–Crippen MR) is 81.8 cm³/mol. The molecular formula is C15H14N6O. The van der Waals surface area contributed by atoms with E-state index in [1.807, 2.05) is 38.4 Å². The molecule has 0 aliphatic rings. The summed E-state index contributed by atoms with van der Waals surface area (Å²) in [4.78, 5) is 16.1. The number of aromatic nitrogens is 6. The Morgan fingerprint density at radius 3 is 3.05 bits per heavy atom. The van der Waals surface area contributed by atoms with Crippen LogP contribution in [-0.4, -0.2) is 36.2 Å². The van der Waals surface area contributed by atoms with Gasteiger partial charge in [0.05, 0.1) is 24.2 Å². The topological polar surface area (TPSA) is 81.0 Å². The molecule has 0 aliphatic carbocycles. The van der Waals surface area contributed by atoms with Gasteiger partial charge in [-0.1, -0.05) is 0 Å². The summed E-state index contributed by atoms with van der Waals surface area (Å²) in [5.41, 5.74) is 4.29. The Morgan fingerprint density at radius 2 is 2.18 bits per heavy atom. The van der Waals surface area contributed by atoms with E-state index in [-0.39, 0.29) is 0 Å². The normalized spacial score (nSPS) is 11.4. The molecule has 0 saturated heterocycles. The molecule has 4 rings (SSSR count). The summed E-state index contributed by atoms with van der Waals surface area (Å²) in [6, 6.07) is 4.27. The van der Waals surface area contributed by atoms with E-state index in [0.29, 0.717) is 12.6 Å². The lowest BCUT2D eigenvalue weighted by Crippen LogP contribution is -1.97. The van der Waals surface area contributed by atoms with E-state index < -0.39 is 0 Å². The number of rotatable bonds is 3. The van der Waals surface area contributed by atoms with Gasteiger partial charge in [-0.3, -0.25) is 0 Å². The third-order valence-corrected chi connectivity index (χ3v) is 3.40. The first kappa shape index (κ1) is 12.8. The molecule has 0 aliphatic heterocycles. The van der Waals surface area contributed by atoms with Gasteiger partial charge in [-0.15, -0.1) is 0 Å². The summed E-state index contributed by atoms with van der Waals surface area (Å²) in [5.74, 6) is 0. The highest BCUT2D eigenvalue weighted by atomic mass is 16.5. The number of aryl methyl sites for hydroxylation is 1. The number of nitrogens with one attached hydrogen (secondary N) is 1. The lowest BCUT2D eigenvalue weighted by molar-refractivity contribution is 0.314. The maximum absolute atomic E-state index is 5.32. The Hall–Kier alpha value is -2.96. The first-order valence-electron chi connectivity index (χ1n) is 7.05. The number of aromatic amines is 1. The van der Waals surface area contributed by atoms with Crippen LogP contribution in [0, 0.1) is 6.92 Å². The second kappa shape index (κ2) is 4.80. The van der Waals surface area contributed by atoms with Crippen LogP contribution in [-0.2, 0) is 0 Å². The fraction of sp³-hybridized carbons (Fsp3) is 0.200. The molecular weight excluding hydrogens is 280 g/mol. The number of imidazole rings is 1. The van der Waals surface area contributed by atoms with Gasteiger partial charge >= 0.3 is 6.01 Å². The maximum Gasteiger partial charge on any atom is 0.318 e. The first-order chi connectivity index (χ1) is 10.7. The van der Waals surface area contributed by atoms with Gasteiger partial charge in [0.1, 0.15) is 5.65 Å². The maximum atomic E-state index is 5.32. The molecule has 4 heterocycles. The van der Waals surface area contributed by atoms with E-state index in [0.717, 1.165) is 33.6 Å². The van der Waals surface area contributed by atoms with Crippen molar-refractivity contribution in [3.63, 3.8) is 0 Å². The molecule has 0 amide bonds. The molecule has 0 unspecified atom stereocenters. The highest BCUT2D eigenvalue weighted by Crippen LogP contribution is 2.26. The van der Waals surface area contributed by atoms with Gasteiger partial charge in [-0.05, 0) is 26.0 Å². The lowest BCUT2D eigenvalue weighted by Gasteiger charge is -2.01. The highest BCUT2D eigenvalue weighted by molar-refractivity contribution is 5.92. The van der Waals surface area contributed by atoms with Gasteiger partial charge in [0.15, 0.2) is 5.65 Å². The number of H-pyrrole nitrogens is 1. The molecule has 0 fully saturated rings. The monoisotopic (exact) mass is 294 g/mol. The Morgan fingerprint density at radius 1 is 1.27 bits per heavy atom. The average Bonchev–Trinajstić information content (AvgIpc) is 3.08. The molecule has 0 aromatic carbocycles. The average molecular weight is 294 g/mol. The summed E-state index contributed by atoms with van der Waals surface area (Å²) in [7, 11) is 0. The van der Waals surface area contributed by atoms with E-state index >= 15 is 0 Å².